The van der Waals surface area contributed by atoms with E-state index in [4.69, 9.17) is 10.2 Å². The minimum absolute atomic E-state index is 0.397. The van der Waals surface area contributed by atoms with Crippen molar-refractivity contribution in [3.8, 4) is 0 Å². The molecule has 0 bridgehead atoms. The van der Waals surface area contributed by atoms with E-state index in [0.717, 1.165) is 44.1 Å². The van der Waals surface area contributed by atoms with Crippen LogP contribution in [0.4, 0.5) is 0 Å². The van der Waals surface area contributed by atoms with Crippen molar-refractivity contribution >= 4 is 11.9 Å². The van der Waals surface area contributed by atoms with Crippen molar-refractivity contribution < 1.29 is 19.8 Å². The molecular formula is C20H30O4. The Bertz CT molecular complexity index is 548. The number of carboxylic acids is 2. The van der Waals surface area contributed by atoms with Gasteiger partial charge in [0.2, 0.25) is 0 Å². The van der Waals surface area contributed by atoms with Crippen molar-refractivity contribution in [1.29, 1.82) is 0 Å². The summed E-state index contributed by atoms with van der Waals surface area (Å²) in [6.07, 6.45) is 12.6. The molecule has 0 amide bonds. The van der Waals surface area contributed by atoms with E-state index >= 15 is 0 Å². The van der Waals surface area contributed by atoms with E-state index in [2.05, 4.69) is 26.0 Å². The van der Waals surface area contributed by atoms with Crippen molar-refractivity contribution in [2.24, 2.45) is 0 Å². The predicted molar refractivity (Wildman–Crippen MR) is 98.0 cm³/mol. The Morgan fingerprint density at radius 2 is 1.12 bits per heavy atom. The summed E-state index contributed by atoms with van der Waals surface area (Å²) >= 11 is 0. The molecule has 134 valence electrons. The van der Waals surface area contributed by atoms with Gasteiger partial charge in [-0.2, -0.15) is 0 Å². The Kier molecular flexibility index (Phi) is 11.3. The summed E-state index contributed by atoms with van der Waals surface area (Å²) in [4.78, 5) is 21.2. The Hall–Kier alpha value is -2.10. The lowest BCUT2D eigenvalue weighted by Gasteiger charge is -2.02. The quantitative estimate of drug-likeness (QED) is 0.398. The van der Waals surface area contributed by atoms with Gasteiger partial charge in [0.05, 0.1) is 0 Å². The van der Waals surface area contributed by atoms with Gasteiger partial charge in [0.25, 0.3) is 0 Å². The van der Waals surface area contributed by atoms with Gasteiger partial charge >= 0.3 is 11.9 Å². The monoisotopic (exact) mass is 334 g/mol. The summed E-state index contributed by atoms with van der Waals surface area (Å²) in [6, 6.07) is 0. The minimum atomic E-state index is -0.887. The lowest BCUT2D eigenvalue weighted by Crippen LogP contribution is -1.95. The average Bonchev–Trinajstić information content (AvgIpc) is 2.46. The first kappa shape index (κ1) is 21.9. The van der Waals surface area contributed by atoms with Gasteiger partial charge in [0.1, 0.15) is 0 Å². The van der Waals surface area contributed by atoms with E-state index in [1.807, 2.05) is 6.92 Å². The van der Waals surface area contributed by atoms with Crippen LogP contribution in [0, 0.1) is 0 Å². The van der Waals surface area contributed by atoms with Gasteiger partial charge in [0.15, 0.2) is 0 Å². The molecule has 0 saturated heterocycles. The van der Waals surface area contributed by atoms with Crippen LogP contribution in [0.15, 0.2) is 46.6 Å². The zero-order chi connectivity index (χ0) is 18.5. The van der Waals surface area contributed by atoms with Crippen LogP contribution in [0.2, 0.25) is 0 Å². The minimum Gasteiger partial charge on any atom is -0.478 e. The first-order valence-electron chi connectivity index (χ1n) is 8.33. The number of hydrogen-bond acceptors (Lipinski definition) is 2. The fraction of sp³-hybridized carbons (Fsp3) is 0.500. The van der Waals surface area contributed by atoms with Gasteiger partial charge in [-0.05, 0) is 66.2 Å². The van der Waals surface area contributed by atoms with E-state index in [-0.39, 0.29) is 0 Å². The summed E-state index contributed by atoms with van der Waals surface area (Å²) in [5.41, 5.74) is 3.86. The highest BCUT2D eigenvalue weighted by Gasteiger charge is 1.98. The van der Waals surface area contributed by atoms with Crippen molar-refractivity contribution in [1.82, 2.24) is 0 Å². The molecule has 2 N–H and O–H groups in total. The standard InChI is InChI=1S/C20H30O4/c1-15(10-6-12-17(3)14-19(21)22)8-5-9-16(2)11-7-13-18(4)20(23)24/h9-10,13-14H,5-8,11-12H2,1-4H3,(H,21,22)(H,23,24). The van der Waals surface area contributed by atoms with Crippen LogP contribution >= 0.6 is 0 Å². The molecule has 0 aromatic carbocycles. The second kappa shape index (κ2) is 12.3. The lowest BCUT2D eigenvalue weighted by atomic mass is 10.0. The maximum absolute atomic E-state index is 10.7. The third kappa shape index (κ3) is 12.4. The molecule has 0 saturated carbocycles. The Balaban J connectivity index is 4.11. The topological polar surface area (TPSA) is 74.6 Å². The summed E-state index contributed by atoms with van der Waals surface area (Å²) in [6.45, 7) is 7.62. The molecule has 0 aromatic rings. The molecule has 0 radical (unpaired) electrons. The van der Waals surface area contributed by atoms with Crippen molar-refractivity contribution in [3.05, 3.63) is 46.6 Å². The van der Waals surface area contributed by atoms with E-state index < -0.39 is 11.9 Å². The SMILES string of the molecule is CC(=CCCC(C)=CC(=O)O)CCC=C(C)CCC=C(C)C(=O)O. The van der Waals surface area contributed by atoms with Crippen LogP contribution in [-0.2, 0) is 9.59 Å². The molecule has 0 heterocycles. The molecule has 24 heavy (non-hydrogen) atoms. The number of carbonyl (C=O) groups is 2. The van der Waals surface area contributed by atoms with Crippen molar-refractivity contribution in [2.45, 2.75) is 66.2 Å². The van der Waals surface area contributed by atoms with Gasteiger partial charge < -0.3 is 10.2 Å². The van der Waals surface area contributed by atoms with Crippen LogP contribution in [-0.4, -0.2) is 22.2 Å². The molecule has 4 heteroatoms. The molecule has 4 nitrogen and oxygen atoms in total. The average molecular weight is 334 g/mol. The number of carboxylic acid groups (broad SMARTS) is 2. The molecule has 0 aliphatic heterocycles. The lowest BCUT2D eigenvalue weighted by molar-refractivity contribution is -0.133. The molecule has 0 aliphatic rings. The van der Waals surface area contributed by atoms with Crippen molar-refractivity contribution in [2.75, 3.05) is 0 Å². The fourth-order valence-corrected chi connectivity index (χ4v) is 2.18. The number of allylic oxidation sites excluding steroid dienone is 6. The van der Waals surface area contributed by atoms with Gasteiger partial charge in [-0.3, -0.25) is 0 Å². The molecular weight excluding hydrogens is 304 g/mol. The summed E-state index contributed by atoms with van der Waals surface area (Å²) in [5.74, 6) is -1.74. The largest absolute Gasteiger partial charge is 0.478 e. The Labute approximate surface area is 145 Å². The molecule has 0 fully saturated rings. The first-order valence-corrected chi connectivity index (χ1v) is 8.33. The third-order valence-corrected chi connectivity index (χ3v) is 3.76. The van der Waals surface area contributed by atoms with E-state index in [9.17, 15) is 9.59 Å². The van der Waals surface area contributed by atoms with Gasteiger partial charge in [-0.1, -0.05) is 34.9 Å². The van der Waals surface area contributed by atoms with Crippen LogP contribution in [0.1, 0.15) is 66.2 Å². The Morgan fingerprint density at radius 1 is 0.708 bits per heavy atom. The molecule has 0 rings (SSSR count). The van der Waals surface area contributed by atoms with Crippen LogP contribution in [0.3, 0.4) is 0 Å². The smallest absolute Gasteiger partial charge is 0.330 e. The number of hydrogen-bond donors (Lipinski definition) is 2. The third-order valence-electron chi connectivity index (χ3n) is 3.76. The number of aliphatic carboxylic acids is 2. The second-order valence-corrected chi connectivity index (χ2v) is 6.24. The normalized spacial score (nSPS) is 14.0. The zero-order valence-corrected chi connectivity index (χ0v) is 15.3. The molecule has 0 unspecified atom stereocenters. The van der Waals surface area contributed by atoms with Crippen LogP contribution in [0.25, 0.3) is 0 Å². The first-order chi connectivity index (χ1) is 11.2. The highest BCUT2D eigenvalue weighted by molar-refractivity contribution is 5.85. The highest BCUT2D eigenvalue weighted by atomic mass is 16.4. The molecule has 0 atom stereocenters. The molecule has 0 aliphatic carbocycles. The van der Waals surface area contributed by atoms with Gasteiger partial charge in [-0.25, -0.2) is 9.59 Å². The van der Waals surface area contributed by atoms with Gasteiger partial charge in [-0.15, -0.1) is 0 Å². The predicted octanol–water partition coefficient (Wildman–Crippen LogP) is 5.28. The zero-order valence-electron chi connectivity index (χ0n) is 15.3. The maximum atomic E-state index is 10.7. The van der Waals surface area contributed by atoms with Crippen LogP contribution in [0.5, 0.6) is 0 Å². The number of rotatable bonds is 11. The molecule has 0 aromatic heterocycles. The van der Waals surface area contributed by atoms with Crippen molar-refractivity contribution in [3.63, 3.8) is 0 Å². The second-order valence-electron chi connectivity index (χ2n) is 6.24. The summed E-state index contributed by atoms with van der Waals surface area (Å²) < 4.78 is 0. The van der Waals surface area contributed by atoms with E-state index in [0.29, 0.717) is 5.57 Å². The van der Waals surface area contributed by atoms with Gasteiger partial charge in [0, 0.05) is 11.6 Å². The van der Waals surface area contributed by atoms with E-state index in [1.165, 1.54) is 17.2 Å². The maximum Gasteiger partial charge on any atom is 0.330 e. The fourth-order valence-electron chi connectivity index (χ4n) is 2.18. The van der Waals surface area contributed by atoms with E-state index in [1.54, 1.807) is 13.0 Å². The highest BCUT2D eigenvalue weighted by Crippen LogP contribution is 2.13. The summed E-state index contributed by atoms with van der Waals surface area (Å²) in [5, 5.41) is 17.4. The Morgan fingerprint density at radius 3 is 1.54 bits per heavy atom. The molecule has 0 spiro atoms. The summed E-state index contributed by atoms with van der Waals surface area (Å²) in [7, 11) is 0. The van der Waals surface area contributed by atoms with Crippen LogP contribution < -0.4 is 0 Å².